The van der Waals surface area contributed by atoms with Crippen LogP contribution < -0.4 is 4.65 Å². The fourth-order valence-electron chi connectivity index (χ4n) is 1.61. The number of rotatable bonds is 8. The van der Waals surface area contributed by atoms with Crippen molar-refractivity contribution >= 4 is 19.4 Å². The van der Waals surface area contributed by atoms with Crippen LogP contribution in [0.1, 0.15) is 0 Å². The molecule has 0 bridgehead atoms. The molecule has 17 heavy (non-hydrogen) atoms. The summed E-state index contributed by atoms with van der Waals surface area (Å²) in [6.07, 6.45) is 0. The predicted molar refractivity (Wildman–Crippen MR) is 77.0 cm³/mol. The summed E-state index contributed by atoms with van der Waals surface area (Å²) in [7, 11) is 18.4. The Bertz CT molecular complexity index is 163. The third-order valence-corrected chi connectivity index (χ3v) is 6.10. The van der Waals surface area contributed by atoms with Gasteiger partial charge in [-0.1, -0.05) is 0 Å². The molecule has 7 heteroatoms. The van der Waals surface area contributed by atoms with E-state index in [9.17, 15) is 0 Å². The van der Waals surface area contributed by atoms with E-state index in [2.05, 4.69) is 80.6 Å². The van der Waals surface area contributed by atoms with Crippen LogP contribution in [0.25, 0.3) is 0 Å². The highest BCUT2D eigenvalue weighted by Gasteiger charge is 2.18. The highest BCUT2D eigenvalue weighted by Crippen LogP contribution is 1.95. The molecule has 0 rings (SSSR count). The third-order valence-electron chi connectivity index (χ3n) is 2.36. The van der Waals surface area contributed by atoms with Crippen molar-refractivity contribution < 1.29 is 0 Å². The molecule has 0 aromatic heterocycles. The van der Waals surface area contributed by atoms with Gasteiger partial charge in [-0.2, -0.15) is 0 Å². The Kier molecular flexibility index (Phi) is 8.47. The lowest BCUT2D eigenvalue weighted by molar-refractivity contribution is 0.195. The monoisotopic (exact) mass is 273 g/mol. The molecule has 1 N–H and O–H groups in total. The molecule has 0 saturated carbocycles. The molecule has 0 heterocycles. The largest absolute Gasteiger partial charge is 0.359 e. The highest BCUT2D eigenvalue weighted by atomic mass is 28.3. The van der Waals surface area contributed by atoms with Gasteiger partial charge in [-0.25, -0.2) is 0 Å². The van der Waals surface area contributed by atoms with Crippen molar-refractivity contribution in [2.75, 3.05) is 56.4 Å². The lowest BCUT2D eigenvalue weighted by Crippen LogP contribution is -2.56. The zero-order valence-corrected chi connectivity index (χ0v) is 14.4. The van der Waals surface area contributed by atoms with E-state index in [-0.39, 0.29) is 0 Å². The van der Waals surface area contributed by atoms with E-state index in [1.54, 1.807) is 0 Å². The Hall–Kier alpha value is 0.234. The topological polar surface area (TPSA) is 25.0 Å². The Balaban J connectivity index is 4.10. The van der Waals surface area contributed by atoms with Crippen LogP contribution in [0.15, 0.2) is 0 Å². The number of nitrogens with zero attached hydrogens (tertiary/aromatic N) is 4. The van der Waals surface area contributed by atoms with E-state index in [0.29, 0.717) is 11.6 Å². The minimum absolute atomic E-state index is 0.465. The van der Waals surface area contributed by atoms with Crippen molar-refractivity contribution in [3.63, 3.8) is 0 Å². The molecule has 5 nitrogen and oxygen atoms in total. The number of hydrogen-bond acceptors (Lipinski definition) is 5. The summed E-state index contributed by atoms with van der Waals surface area (Å²) < 4.78 is 3.60. The van der Waals surface area contributed by atoms with Crippen molar-refractivity contribution in [1.82, 2.24) is 24.2 Å². The van der Waals surface area contributed by atoms with Gasteiger partial charge >= 0.3 is 0 Å². The fourth-order valence-corrected chi connectivity index (χ4v) is 4.01. The van der Waals surface area contributed by atoms with Gasteiger partial charge in [0.1, 0.15) is 0 Å². The second-order valence-electron chi connectivity index (χ2n) is 5.02. The quantitative estimate of drug-likeness (QED) is 0.435. The zero-order valence-electron chi connectivity index (χ0n) is 12.4. The number of nitrogens with one attached hydrogen (secondary N) is 1. The van der Waals surface area contributed by atoms with Gasteiger partial charge in [-0.3, -0.25) is 19.6 Å². The molecule has 0 saturated heterocycles. The van der Waals surface area contributed by atoms with E-state index >= 15 is 0 Å². The van der Waals surface area contributed by atoms with E-state index < -0.39 is 0 Å². The summed E-state index contributed by atoms with van der Waals surface area (Å²) in [5, 5.41) is 0. The second-order valence-corrected chi connectivity index (χ2v) is 7.63. The Morgan fingerprint density at radius 2 is 0.824 bits per heavy atom. The van der Waals surface area contributed by atoms with Crippen LogP contribution >= 0.6 is 0 Å². The molecule has 0 aromatic rings. The Morgan fingerprint density at radius 3 is 1.00 bits per heavy atom. The predicted octanol–water partition coefficient (Wildman–Crippen LogP) is -1.37. The first-order valence-electron chi connectivity index (χ1n) is 5.69. The van der Waals surface area contributed by atoms with E-state index in [1.165, 1.54) is 0 Å². The van der Waals surface area contributed by atoms with Gasteiger partial charge < -0.3 is 4.65 Å². The second kappa shape index (κ2) is 8.36. The molecule has 0 aliphatic rings. The van der Waals surface area contributed by atoms with Gasteiger partial charge in [0.25, 0.3) is 0 Å². The first kappa shape index (κ1) is 17.2. The molecule has 0 amide bonds. The first-order chi connectivity index (χ1) is 7.77. The van der Waals surface area contributed by atoms with Gasteiger partial charge in [0.05, 0.1) is 11.6 Å². The average molecular weight is 274 g/mol. The zero-order chi connectivity index (χ0) is 13.6. The number of hydrogen-bond donors (Lipinski definition) is 1. The maximum atomic E-state index is 3.60. The maximum Gasteiger partial charge on any atom is 0.171 e. The van der Waals surface area contributed by atoms with Gasteiger partial charge in [-0.05, 0) is 56.4 Å². The maximum absolute atomic E-state index is 3.60. The van der Waals surface area contributed by atoms with Gasteiger partial charge in [-0.15, -0.1) is 0 Å². The minimum Gasteiger partial charge on any atom is -0.359 e. The van der Waals surface area contributed by atoms with Crippen molar-refractivity contribution in [3.8, 4) is 0 Å². The fraction of sp³-hybridized carbons (Fsp3) is 1.00. The minimum atomic E-state index is 0.465. The molecule has 0 unspecified atom stereocenters. The van der Waals surface area contributed by atoms with Crippen molar-refractivity contribution in [2.45, 2.75) is 11.6 Å². The summed E-state index contributed by atoms with van der Waals surface area (Å²) in [5.74, 6) is 0.931. The SMILES string of the molecule is CN(C)C([Si]N[Si]C(N(C)C)N(C)C)N(C)C. The average Bonchev–Trinajstić information content (AvgIpc) is 2.14. The molecule has 0 atom stereocenters. The summed E-state index contributed by atoms with van der Waals surface area (Å²) >= 11 is 0. The molecule has 0 aliphatic carbocycles. The smallest absolute Gasteiger partial charge is 0.171 e. The van der Waals surface area contributed by atoms with Crippen LogP contribution in [0.3, 0.4) is 0 Å². The van der Waals surface area contributed by atoms with Gasteiger partial charge in [0, 0.05) is 0 Å². The van der Waals surface area contributed by atoms with Crippen molar-refractivity contribution in [3.05, 3.63) is 0 Å². The summed E-state index contributed by atoms with van der Waals surface area (Å²) in [4.78, 5) is 8.99. The summed E-state index contributed by atoms with van der Waals surface area (Å²) in [5.41, 5.74) is 0. The molecule has 100 valence electrons. The molecule has 0 fully saturated rings. The lowest BCUT2D eigenvalue weighted by Gasteiger charge is -2.33. The van der Waals surface area contributed by atoms with E-state index in [0.717, 1.165) is 19.4 Å². The molecule has 0 spiro atoms. The Labute approximate surface area is 112 Å². The first-order valence-corrected chi connectivity index (χ1v) is 7.84. The summed E-state index contributed by atoms with van der Waals surface area (Å²) in [6, 6.07) is 0. The standard InChI is InChI=1S/C10H27N5Si2/c1-12(2)9(13(3)4)16-11-17-10(14(5)6)15(7)8/h9-11H,1-8H3. The van der Waals surface area contributed by atoms with Crippen LogP contribution in [0.2, 0.25) is 0 Å². The van der Waals surface area contributed by atoms with E-state index in [1.807, 2.05) is 0 Å². The molecule has 0 aliphatic heterocycles. The highest BCUT2D eigenvalue weighted by molar-refractivity contribution is 6.52. The van der Waals surface area contributed by atoms with Gasteiger partial charge in [0.15, 0.2) is 19.4 Å². The van der Waals surface area contributed by atoms with Crippen molar-refractivity contribution in [2.24, 2.45) is 0 Å². The van der Waals surface area contributed by atoms with Crippen LogP contribution in [-0.2, 0) is 0 Å². The molecular formula is C10H27N5Si2. The Morgan fingerprint density at radius 1 is 0.588 bits per heavy atom. The van der Waals surface area contributed by atoms with Crippen LogP contribution in [0.5, 0.6) is 0 Å². The van der Waals surface area contributed by atoms with Crippen LogP contribution in [-0.4, -0.2) is 107 Å². The molecule has 0 aromatic carbocycles. The normalized spacial score (nSPS) is 13.1. The third kappa shape index (κ3) is 6.65. The molecule has 4 radical (unpaired) electrons. The van der Waals surface area contributed by atoms with Crippen LogP contribution in [0, 0.1) is 0 Å². The molecular weight excluding hydrogens is 246 g/mol. The lowest BCUT2D eigenvalue weighted by atomic mass is 10.8. The summed E-state index contributed by atoms with van der Waals surface area (Å²) in [6.45, 7) is 0. The van der Waals surface area contributed by atoms with E-state index in [4.69, 9.17) is 0 Å². The van der Waals surface area contributed by atoms with Crippen LogP contribution in [0.4, 0.5) is 0 Å². The van der Waals surface area contributed by atoms with Gasteiger partial charge in [0.2, 0.25) is 0 Å². The van der Waals surface area contributed by atoms with Crippen molar-refractivity contribution in [1.29, 1.82) is 0 Å².